The van der Waals surface area contributed by atoms with E-state index >= 15 is 0 Å². The number of tetrazole rings is 1. The molecule has 1 amide bonds. The molecule has 1 unspecified atom stereocenters. The van der Waals surface area contributed by atoms with Gasteiger partial charge < -0.3 is 11.1 Å². The van der Waals surface area contributed by atoms with Gasteiger partial charge in [0.1, 0.15) is 6.33 Å². The SMILES string of the molecule is CCC(N)C(=O)Nc1ccc(-n2cnnn2)c(C)c1. The molecule has 7 nitrogen and oxygen atoms in total. The second-order valence-electron chi connectivity index (χ2n) is 4.26. The Hall–Kier alpha value is -2.28. The number of aryl methyl sites for hydroxylation is 1. The predicted octanol–water partition coefficient (Wildman–Crippen LogP) is 0.647. The average molecular weight is 260 g/mol. The number of carbonyl (C=O) groups excluding carboxylic acids is 1. The molecule has 0 fully saturated rings. The molecular formula is C12H16N6O. The zero-order chi connectivity index (χ0) is 13.8. The molecule has 2 aromatic rings. The van der Waals surface area contributed by atoms with Crippen molar-refractivity contribution >= 4 is 11.6 Å². The van der Waals surface area contributed by atoms with Gasteiger partial charge in [-0.15, -0.1) is 5.10 Å². The van der Waals surface area contributed by atoms with Gasteiger partial charge in [0.25, 0.3) is 0 Å². The lowest BCUT2D eigenvalue weighted by Gasteiger charge is -2.12. The van der Waals surface area contributed by atoms with E-state index in [-0.39, 0.29) is 5.91 Å². The first kappa shape index (κ1) is 13.2. The van der Waals surface area contributed by atoms with E-state index < -0.39 is 6.04 Å². The maximum Gasteiger partial charge on any atom is 0.241 e. The van der Waals surface area contributed by atoms with Crippen molar-refractivity contribution in [3.63, 3.8) is 0 Å². The zero-order valence-corrected chi connectivity index (χ0v) is 10.9. The second-order valence-corrected chi connectivity index (χ2v) is 4.26. The molecule has 1 aromatic carbocycles. The second kappa shape index (κ2) is 5.57. The fraction of sp³-hybridized carbons (Fsp3) is 0.333. The Balaban J connectivity index is 2.18. The number of aromatic nitrogens is 4. The number of nitrogens with two attached hydrogens (primary N) is 1. The van der Waals surface area contributed by atoms with Gasteiger partial charge in [0.15, 0.2) is 0 Å². The summed E-state index contributed by atoms with van der Waals surface area (Å²) in [4.78, 5) is 11.7. The normalized spacial score (nSPS) is 12.2. The number of anilines is 1. The Bertz CT molecular complexity index is 566. The molecule has 0 spiro atoms. The number of amides is 1. The summed E-state index contributed by atoms with van der Waals surface area (Å²) in [7, 11) is 0. The van der Waals surface area contributed by atoms with Gasteiger partial charge >= 0.3 is 0 Å². The van der Waals surface area contributed by atoms with Crippen LogP contribution < -0.4 is 11.1 Å². The highest BCUT2D eigenvalue weighted by atomic mass is 16.2. The van der Waals surface area contributed by atoms with Crippen molar-refractivity contribution in [2.24, 2.45) is 5.73 Å². The van der Waals surface area contributed by atoms with Crippen LogP contribution in [0.1, 0.15) is 18.9 Å². The first-order valence-corrected chi connectivity index (χ1v) is 6.02. The van der Waals surface area contributed by atoms with Crippen LogP contribution in [0.25, 0.3) is 5.69 Å². The number of hydrogen-bond acceptors (Lipinski definition) is 5. The minimum absolute atomic E-state index is 0.183. The molecule has 0 saturated carbocycles. The highest BCUT2D eigenvalue weighted by Crippen LogP contribution is 2.17. The van der Waals surface area contributed by atoms with Crippen LogP contribution in [0.15, 0.2) is 24.5 Å². The van der Waals surface area contributed by atoms with Crippen LogP contribution >= 0.6 is 0 Å². The smallest absolute Gasteiger partial charge is 0.241 e. The lowest BCUT2D eigenvalue weighted by molar-refractivity contribution is -0.117. The predicted molar refractivity (Wildman–Crippen MR) is 70.8 cm³/mol. The van der Waals surface area contributed by atoms with Gasteiger partial charge in [0.05, 0.1) is 11.7 Å². The van der Waals surface area contributed by atoms with E-state index in [2.05, 4.69) is 20.8 Å². The fourth-order valence-corrected chi connectivity index (χ4v) is 1.68. The van der Waals surface area contributed by atoms with Crippen molar-refractivity contribution in [2.45, 2.75) is 26.3 Å². The summed E-state index contributed by atoms with van der Waals surface area (Å²) in [5.74, 6) is -0.183. The Kier molecular flexibility index (Phi) is 3.86. The number of nitrogens with zero attached hydrogens (tertiary/aromatic N) is 4. The van der Waals surface area contributed by atoms with Crippen molar-refractivity contribution in [3.05, 3.63) is 30.1 Å². The first-order chi connectivity index (χ1) is 9.11. The van der Waals surface area contributed by atoms with Gasteiger partial charge in [-0.2, -0.15) is 0 Å². The van der Waals surface area contributed by atoms with Gasteiger partial charge in [-0.3, -0.25) is 4.79 Å². The van der Waals surface area contributed by atoms with Crippen LogP contribution in [0.2, 0.25) is 0 Å². The number of nitrogens with one attached hydrogen (secondary N) is 1. The van der Waals surface area contributed by atoms with Crippen LogP contribution in [0.5, 0.6) is 0 Å². The van der Waals surface area contributed by atoms with Crippen molar-refractivity contribution < 1.29 is 4.79 Å². The van der Waals surface area contributed by atoms with Crippen molar-refractivity contribution in [1.29, 1.82) is 0 Å². The van der Waals surface area contributed by atoms with Crippen molar-refractivity contribution in [1.82, 2.24) is 20.2 Å². The van der Waals surface area contributed by atoms with Crippen LogP contribution in [0.4, 0.5) is 5.69 Å². The summed E-state index contributed by atoms with van der Waals surface area (Å²) in [5, 5.41) is 13.8. The molecule has 0 aliphatic heterocycles. The van der Waals surface area contributed by atoms with Gasteiger partial charge in [-0.05, 0) is 47.5 Å². The van der Waals surface area contributed by atoms with E-state index in [0.29, 0.717) is 12.1 Å². The minimum Gasteiger partial charge on any atom is -0.325 e. The maximum atomic E-state index is 11.7. The third kappa shape index (κ3) is 2.94. The Labute approximate surface area is 110 Å². The fourth-order valence-electron chi connectivity index (χ4n) is 1.68. The van der Waals surface area contributed by atoms with Gasteiger partial charge in [-0.1, -0.05) is 6.92 Å². The molecule has 0 aliphatic rings. The topological polar surface area (TPSA) is 98.7 Å². The molecule has 0 aliphatic carbocycles. The average Bonchev–Trinajstić information content (AvgIpc) is 2.91. The van der Waals surface area contributed by atoms with E-state index in [9.17, 15) is 4.79 Å². The van der Waals surface area contributed by atoms with Crippen LogP contribution in [0, 0.1) is 6.92 Å². The molecule has 1 heterocycles. The molecular weight excluding hydrogens is 244 g/mol. The molecule has 1 aromatic heterocycles. The quantitative estimate of drug-likeness (QED) is 0.840. The van der Waals surface area contributed by atoms with Crippen LogP contribution in [-0.2, 0) is 4.79 Å². The van der Waals surface area contributed by atoms with Gasteiger partial charge in [0, 0.05) is 5.69 Å². The summed E-state index contributed by atoms with van der Waals surface area (Å²) < 4.78 is 1.57. The molecule has 0 bridgehead atoms. The molecule has 100 valence electrons. The lowest BCUT2D eigenvalue weighted by atomic mass is 10.1. The molecule has 1 atom stereocenters. The minimum atomic E-state index is -0.487. The number of hydrogen-bond donors (Lipinski definition) is 2. The van der Waals surface area contributed by atoms with E-state index in [0.717, 1.165) is 11.3 Å². The highest BCUT2D eigenvalue weighted by Gasteiger charge is 2.11. The number of rotatable bonds is 4. The molecule has 19 heavy (non-hydrogen) atoms. The van der Waals surface area contributed by atoms with E-state index in [4.69, 9.17) is 5.73 Å². The van der Waals surface area contributed by atoms with Crippen molar-refractivity contribution in [3.8, 4) is 5.69 Å². The summed E-state index contributed by atoms with van der Waals surface area (Å²) in [6.45, 7) is 3.79. The largest absolute Gasteiger partial charge is 0.325 e. The summed E-state index contributed by atoms with van der Waals surface area (Å²) in [5.41, 5.74) is 8.20. The number of benzene rings is 1. The van der Waals surface area contributed by atoms with Crippen LogP contribution in [0.3, 0.4) is 0 Å². The molecule has 3 N–H and O–H groups in total. The lowest BCUT2D eigenvalue weighted by Crippen LogP contribution is -2.34. The van der Waals surface area contributed by atoms with E-state index in [1.807, 2.05) is 26.0 Å². The Morgan fingerprint density at radius 1 is 1.53 bits per heavy atom. The maximum absolute atomic E-state index is 11.7. The van der Waals surface area contributed by atoms with E-state index in [1.54, 1.807) is 10.7 Å². The van der Waals surface area contributed by atoms with Gasteiger partial charge in [0.2, 0.25) is 5.91 Å². The number of carbonyl (C=O) groups is 1. The Morgan fingerprint density at radius 3 is 2.89 bits per heavy atom. The molecule has 0 saturated heterocycles. The molecule has 2 rings (SSSR count). The zero-order valence-electron chi connectivity index (χ0n) is 10.9. The van der Waals surface area contributed by atoms with Crippen molar-refractivity contribution in [2.75, 3.05) is 5.32 Å². The molecule has 0 radical (unpaired) electrons. The summed E-state index contributed by atoms with van der Waals surface area (Å²) in [6, 6.07) is 5.01. The third-order valence-electron chi connectivity index (χ3n) is 2.84. The first-order valence-electron chi connectivity index (χ1n) is 6.02. The monoisotopic (exact) mass is 260 g/mol. The van der Waals surface area contributed by atoms with Crippen LogP contribution in [-0.4, -0.2) is 32.2 Å². The standard InChI is InChI=1S/C12H16N6O/c1-3-10(13)12(19)15-9-4-5-11(8(2)6-9)18-7-14-16-17-18/h4-7,10H,3,13H2,1-2H3,(H,15,19). The van der Waals surface area contributed by atoms with Gasteiger partial charge in [-0.25, -0.2) is 4.68 Å². The Morgan fingerprint density at radius 2 is 2.32 bits per heavy atom. The highest BCUT2D eigenvalue weighted by molar-refractivity contribution is 5.94. The summed E-state index contributed by atoms with van der Waals surface area (Å²) in [6.07, 6.45) is 2.13. The molecule has 7 heteroatoms. The third-order valence-corrected chi connectivity index (χ3v) is 2.84. The van der Waals surface area contributed by atoms with E-state index in [1.165, 1.54) is 6.33 Å². The summed E-state index contributed by atoms with van der Waals surface area (Å²) >= 11 is 0.